The summed E-state index contributed by atoms with van der Waals surface area (Å²) in [6.45, 7) is 0. The van der Waals surface area contributed by atoms with Crippen molar-refractivity contribution in [3.05, 3.63) is 72.1 Å². The Labute approximate surface area is 141 Å². The molecule has 1 aliphatic carbocycles. The average molecular weight is 316 g/mol. The Kier molecular flexibility index (Phi) is 3.84. The molecule has 24 heavy (non-hydrogen) atoms. The molecule has 0 fully saturated rings. The average Bonchev–Trinajstić information content (AvgIpc) is 2.63. The predicted octanol–water partition coefficient (Wildman–Crippen LogP) is 2.56. The van der Waals surface area contributed by atoms with Crippen molar-refractivity contribution < 1.29 is 0 Å². The van der Waals surface area contributed by atoms with Crippen LogP contribution in [0.3, 0.4) is 0 Å². The van der Waals surface area contributed by atoms with Gasteiger partial charge in [-0.3, -0.25) is 0 Å². The van der Waals surface area contributed by atoms with Gasteiger partial charge in [-0.1, -0.05) is 60.7 Å². The Bertz CT molecular complexity index is 774. The van der Waals surface area contributed by atoms with E-state index < -0.39 is 0 Å². The summed E-state index contributed by atoms with van der Waals surface area (Å²) in [5, 5.41) is 0. The van der Waals surface area contributed by atoms with Gasteiger partial charge in [0.2, 0.25) is 0 Å². The molecule has 0 amide bonds. The number of fused-ring (bicyclic) bond motifs is 1. The van der Waals surface area contributed by atoms with Crippen LogP contribution in [-0.2, 0) is 12.8 Å². The van der Waals surface area contributed by atoms with Crippen LogP contribution in [-0.4, -0.2) is 22.1 Å². The van der Waals surface area contributed by atoms with Crippen molar-refractivity contribution in [1.29, 1.82) is 0 Å². The highest BCUT2D eigenvalue weighted by Gasteiger charge is 2.27. The molecule has 4 rings (SSSR count). The molecule has 4 heteroatoms. The fourth-order valence-corrected chi connectivity index (χ4v) is 3.18. The summed E-state index contributed by atoms with van der Waals surface area (Å²) in [6.07, 6.45) is 1.36. The second-order valence-electron chi connectivity index (χ2n) is 6.28. The standard InChI is InChI=1S/C20H20N4/c21-15-11-17-18(12-16(15)22)24-20(14-9-5-2-6-10-14)19(23-17)13-7-3-1-4-8-13/h1-10,15-16H,11-12,21-22H2/t15-,16-/m1/s1. The number of hydrogen-bond acceptors (Lipinski definition) is 4. The van der Waals surface area contributed by atoms with E-state index >= 15 is 0 Å². The maximum atomic E-state index is 6.14. The molecule has 3 aromatic rings. The van der Waals surface area contributed by atoms with E-state index in [0.717, 1.165) is 33.9 Å². The summed E-state index contributed by atoms with van der Waals surface area (Å²) in [5.74, 6) is 0. The first-order valence-corrected chi connectivity index (χ1v) is 8.24. The highest BCUT2D eigenvalue weighted by molar-refractivity contribution is 5.78. The van der Waals surface area contributed by atoms with E-state index in [-0.39, 0.29) is 12.1 Å². The van der Waals surface area contributed by atoms with Crippen molar-refractivity contribution in [2.45, 2.75) is 24.9 Å². The maximum Gasteiger partial charge on any atom is 0.0968 e. The SMILES string of the molecule is N[C@@H]1Cc2nc(-c3ccccc3)c(-c3ccccc3)nc2C[C@H]1N. The van der Waals surface area contributed by atoms with E-state index in [0.29, 0.717) is 12.8 Å². The van der Waals surface area contributed by atoms with E-state index in [1.165, 1.54) is 0 Å². The van der Waals surface area contributed by atoms with Crippen molar-refractivity contribution in [3.8, 4) is 22.5 Å². The van der Waals surface area contributed by atoms with Crippen LogP contribution in [0.5, 0.6) is 0 Å². The van der Waals surface area contributed by atoms with E-state index in [4.69, 9.17) is 21.4 Å². The molecule has 2 atom stereocenters. The minimum absolute atomic E-state index is 0.0574. The van der Waals surface area contributed by atoms with Gasteiger partial charge in [-0.2, -0.15) is 0 Å². The van der Waals surface area contributed by atoms with Crippen molar-refractivity contribution in [2.75, 3.05) is 0 Å². The van der Waals surface area contributed by atoms with Crippen LogP contribution >= 0.6 is 0 Å². The number of nitrogens with zero attached hydrogens (tertiary/aromatic N) is 2. The lowest BCUT2D eigenvalue weighted by molar-refractivity contribution is 0.478. The molecule has 4 N–H and O–H groups in total. The quantitative estimate of drug-likeness (QED) is 0.761. The topological polar surface area (TPSA) is 77.8 Å². The minimum Gasteiger partial charge on any atom is -0.326 e. The fourth-order valence-electron chi connectivity index (χ4n) is 3.18. The van der Waals surface area contributed by atoms with Gasteiger partial charge in [0.15, 0.2) is 0 Å². The summed E-state index contributed by atoms with van der Waals surface area (Å²) in [4.78, 5) is 9.89. The lowest BCUT2D eigenvalue weighted by atomic mass is 9.91. The van der Waals surface area contributed by atoms with Crippen LogP contribution in [0.25, 0.3) is 22.5 Å². The van der Waals surface area contributed by atoms with Crippen LogP contribution in [0, 0.1) is 0 Å². The van der Waals surface area contributed by atoms with Crippen LogP contribution in [0.15, 0.2) is 60.7 Å². The molecule has 1 heterocycles. The van der Waals surface area contributed by atoms with Gasteiger partial charge >= 0.3 is 0 Å². The van der Waals surface area contributed by atoms with Crippen LogP contribution in [0.2, 0.25) is 0 Å². The molecular formula is C20H20N4. The monoisotopic (exact) mass is 316 g/mol. The second kappa shape index (κ2) is 6.15. The summed E-state index contributed by atoms with van der Waals surface area (Å²) < 4.78 is 0. The van der Waals surface area contributed by atoms with E-state index in [9.17, 15) is 0 Å². The van der Waals surface area contributed by atoms with Gasteiger partial charge < -0.3 is 11.5 Å². The van der Waals surface area contributed by atoms with Gasteiger partial charge in [-0.05, 0) is 0 Å². The van der Waals surface area contributed by atoms with Crippen LogP contribution in [0.1, 0.15) is 11.4 Å². The van der Waals surface area contributed by atoms with Crippen molar-refractivity contribution in [3.63, 3.8) is 0 Å². The van der Waals surface area contributed by atoms with Gasteiger partial charge in [0.25, 0.3) is 0 Å². The van der Waals surface area contributed by atoms with Gasteiger partial charge in [0, 0.05) is 36.1 Å². The number of aromatic nitrogens is 2. The second-order valence-corrected chi connectivity index (χ2v) is 6.28. The number of benzene rings is 2. The summed E-state index contributed by atoms with van der Waals surface area (Å²) >= 11 is 0. The number of nitrogens with two attached hydrogens (primary N) is 2. The molecule has 0 spiro atoms. The Morgan fingerprint density at radius 3 is 1.38 bits per heavy atom. The van der Waals surface area contributed by atoms with E-state index in [1.807, 2.05) is 36.4 Å². The number of rotatable bonds is 2. The lowest BCUT2D eigenvalue weighted by Gasteiger charge is -2.27. The molecule has 0 aliphatic heterocycles. The smallest absolute Gasteiger partial charge is 0.0968 e. The molecular weight excluding hydrogens is 296 g/mol. The minimum atomic E-state index is -0.0574. The third kappa shape index (κ3) is 2.70. The molecule has 0 saturated carbocycles. The molecule has 0 radical (unpaired) electrons. The fraction of sp³-hybridized carbons (Fsp3) is 0.200. The first-order chi connectivity index (χ1) is 11.7. The Balaban J connectivity index is 1.92. The number of hydrogen-bond donors (Lipinski definition) is 2. The molecule has 2 aromatic carbocycles. The van der Waals surface area contributed by atoms with Gasteiger partial charge in [0.05, 0.1) is 22.8 Å². The van der Waals surface area contributed by atoms with Crippen molar-refractivity contribution >= 4 is 0 Å². The zero-order valence-corrected chi connectivity index (χ0v) is 13.4. The summed E-state index contributed by atoms with van der Waals surface area (Å²) in [6, 6.07) is 20.2. The zero-order valence-electron chi connectivity index (χ0n) is 13.4. The largest absolute Gasteiger partial charge is 0.326 e. The Morgan fingerprint density at radius 2 is 1.00 bits per heavy atom. The van der Waals surface area contributed by atoms with Gasteiger partial charge in [-0.15, -0.1) is 0 Å². The molecule has 120 valence electrons. The maximum absolute atomic E-state index is 6.14. The Hall–Kier alpha value is -2.56. The summed E-state index contributed by atoms with van der Waals surface area (Å²) in [5.41, 5.74) is 18.2. The van der Waals surface area contributed by atoms with Gasteiger partial charge in [-0.25, -0.2) is 9.97 Å². The van der Waals surface area contributed by atoms with E-state index in [1.54, 1.807) is 0 Å². The third-order valence-electron chi connectivity index (χ3n) is 4.55. The zero-order chi connectivity index (χ0) is 16.5. The van der Waals surface area contributed by atoms with Crippen molar-refractivity contribution in [2.24, 2.45) is 11.5 Å². The third-order valence-corrected chi connectivity index (χ3v) is 4.55. The Morgan fingerprint density at radius 1 is 0.625 bits per heavy atom. The highest BCUT2D eigenvalue weighted by atomic mass is 14.9. The summed E-state index contributed by atoms with van der Waals surface area (Å²) in [7, 11) is 0. The molecule has 0 saturated heterocycles. The van der Waals surface area contributed by atoms with Crippen LogP contribution in [0.4, 0.5) is 0 Å². The normalized spacial score (nSPS) is 19.8. The molecule has 1 aromatic heterocycles. The molecule has 0 unspecified atom stereocenters. The predicted molar refractivity (Wildman–Crippen MR) is 96.3 cm³/mol. The first-order valence-electron chi connectivity index (χ1n) is 8.24. The highest BCUT2D eigenvalue weighted by Crippen LogP contribution is 2.31. The van der Waals surface area contributed by atoms with Gasteiger partial charge in [0.1, 0.15) is 0 Å². The van der Waals surface area contributed by atoms with Crippen molar-refractivity contribution in [1.82, 2.24) is 9.97 Å². The molecule has 4 nitrogen and oxygen atoms in total. The lowest BCUT2D eigenvalue weighted by Crippen LogP contribution is -2.47. The first kappa shape index (κ1) is 15.0. The molecule has 0 bridgehead atoms. The van der Waals surface area contributed by atoms with E-state index in [2.05, 4.69) is 24.3 Å². The molecule has 1 aliphatic rings. The van der Waals surface area contributed by atoms with Crippen LogP contribution < -0.4 is 11.5 Å².